The van der Waals surface area contributed by atoms with Crippen LogP contribution in [0.25, 0.3) is 11.0 Å². The van der Waals surface area contributed by atoms with Gasteiger partial charge in [0.15, 0.2) is 5.58 Å². The number of pyridine rings is 1. The molecule has 0 saturated carbocycles. The van der Waals surface area contributed by atoms with Crippen molar-refractivity contribution < 1.29 is 33.8 Å². The third-order valence-electron chi connectivity index (χ3n) is 5.35. The molecule has 0 fully saturated rings. The molecule has 0 bridgehead atoms. The van der Waals surface area contributed by atoms with E-state index in [1.54, 1.807) is 25.1 Å². The molecular formula is C26H21N3O7. The van der Waals surface area contributed by atoms with Crippen molar-refractivity contribution in [3.05, 3.63) is 94.3 Å². The number of ether oxygens (including phenoxy) is 1. The summed E-state index contributed by atoms with van der Waals surface area (Å²) in [4.78, 5) is 45.0. The topological polar surface area (TPSA) is 151 Å². The van der Waals surface area contributed by atoms with E-state index in [0.717, 1.165) is 0 Å². The summed E-state index contributed by atoms with van der Waals surface area (Å²) in [5.74, 6) is -2.20. The van der Waals surface area contributed by atoms with Crippen LogP contribution in [0, 0.1) is 6.92 Å². The van der Waals surface area contributed by atoms with E-state index in [2.05, 4.69) is 20.0 Å². The first-order chi connectivity index (χ1) is 17.3. The number of aromatic nitrogens is 1. The minimum Gasteiger partial charge on any atom is -0.478 e. The van der Waals surface area contributed by atoms with Crippen LogP contribution in [0.4, 0.5) is 11.4 Å². The Balaban J connectivity index is 1.85. The van der Waals surface area contributed by atoms with Crippen molar-refractivity contribution in [2.75, 3.05) is 12.4 Å². The molecule has 0 atom stereocenters. The molecule has 4 rings (SSSR count). The van der Waals surface area contributed by atoms with Crippen LogP contribution < -0.4 is 10.9 Å². The van der Waals surface area contributed by atoms with Gasteiger partial charge in [-0.25, -0.2) is 14.6 Å². The van der Waals surface area contributed by atoms with Gasteiger partial charge in [0, 0.05) is 22.8 Å². The molecule has 0 unspecified atom stereocenters. The molecule has 0 aliphatic carbocycles. The average Bonchev–Trinajstić information content (AvgIpc) is 2.89. The number of methoxy groups -OCH3 is 1. The number of nitrogens with one attached hydrogen (secondary N) is 1. The third kappa shape index (κ3) is 4.98. The number of fused-ring (bicyclic) bond motifs is 1. The van der Waals surface area contributed by atoms with Gasteiger partial charge in [-0.3, -0.25) is 9.78 Å². The van der Waals surface area contributed by atoms with E-state index in [1.165, 1.54) is 49.7 Å². The summed E-state index contributed by atoms with van der Waals surface area (Å²) >= 11 is 0. The molecule has 0 aliphatic heterocycles. The van der Waals surface area contributed by atoms with Crippen LogP contribution >= 0.6 is 0 Å². The Morgan fingerprint density at radius 3 is 2.50 bits per heavy atom. The smallest absolute Gasteiger partial charge is 0.337 e. The fourth-order valence-corrected chi connectivity index (χ4v) is 3.49. The number of carbonyl (C=O) groups is 3. The van der Waals surface area contributed by atoms with E-state index in [9.17, 15) is 24.6 Å². The van der Waals surface area contributed by atoms with Crippen LogP contribution in [0.15, 0.2) is 70.2 Å². The lowest BCUT2D eigenvalue weighted by molar-refractivity contribution is 0.0599. The summed E-state index contributed by atoms with van der Waals surface area (Å²) in [5, 5.41) is 22.3. The Hall–Kier alpha value is -4.83. The molecule has 0 radical (unpaired) electrons. The average molecular weight is 487 g/mol. The Bertz CT molecular complexity index is 1560. The number of anilines is 1. The zero-order chi connectivity index (χ0) is 25.8. The summed E-state index contributed by atoms with van der Waals surface area (Å²) in [7, 11) is 1.27. The molecule has 182 valence electrons. The maximum absolute atomic E-state index is 13.3. The summed E-state index contributed by atoms with van der Waals surface area (Å²) in [6.45, 7) is 1.39. The van der Waals surface area contributed by atoms with Gasteiger partial charge in [0.1, 0.15) is 5.56 Å². The fourth-order valence-electron chi connectivity index (χ4n) is 3.49. The van der Waals surface area contributed by atoms with Crippen LogP contribution in [-0.2, 0) is 11.3 Å². The molecule has 10 heteroatoms. The normalized spacial score (nSPS) is 11.4. The number of carboxylic acid groups (broad SMARTS) is 1. The van der Waals surface area contributed by atoms with Crippen molar-refractivity contribution >= 4 is 40.2 Å². The van der Waals surface area contributed by atoms with Gasteiger partial charge in [0.25, 0.3) is 5.91 Å². The molecule has 4 aromatic rings. The second kappa shape index (κ2) is 10.2. The number of aryl methyl sites for hydroxylation is 1. The SMILES string of the molecule is COC(=O)c1ccc(NC(=O)c2cc3c(CO)cnc(C)c3oc2=Nc2cccc(C(=O)O)c2)cc1. The molecule has 0 aliphatic rings. The van der Waals surface area contributed by atoms with Crippen molar-refractivity contribution in [1.29, 1.82) is 0 Å². The number of amides is 1. The van der Waals surface area contributed by atoms with Crippen LogP contribution in [0.5, 0.6) is 0 Å². The van der Waals surface area contributed by atoms with E-state index in [4.69, 9.17) is 4.42 Å². The van der Waals surface area contributed by atoms with Crippen molar-refractivity contribution in [3.8, 4) is 0 Å². The van der Waals surface area contributed by atoms with Gasteiger partial charge in [0.2, 0.25) is 5.55 Å². The van der Waals surface area contributed by atoms with Gasteiger partial charge in [-0.05, 0) is 55.5 Å². The molecule has 0 spiro atoms. The summed E-state index contributed by atoms with van der Waals surface area (Å²) in [6, 6.07) is 13.5. The van der Waals surface area contributed by atoms with Gasteiger partial charge in [-0.1, -0.05) is 6.07 Å². The highest BCUT2D eigenvalue weighted by Crippen LogP contribution is 2.22. The number of carboxylic acids is 1. The van der Waals surface area contributed by atoms with Gasteiger partial charge in [-0.15, -0.1) is 0 Å². The van der Waals surface area contributed by atoms with E-state index >= 15 is 0 Å². The number of aliphatic hydroxyl groups excluding tert-OH is 1. The maximum atomic E-state index is 13.3. The first kappa shape index (κ1) is 24.3. The predicted molar refractivity (Wildman–Crippen MR) is 129 cm³/mol. The number of aliphatic hydroxyl groups is 1. The van der Waals surface area contributed by atoms with Crippen LogP contribution in [0.3, 0.4) is 0 Å². The molecule has 2 heterocycles. The number of nitrogens with zero attached hydrogens (tertiary/aromatic N) is 2. The van der Waals surface area contributed by atoms with Gasteiger partial charge < -0.3 is 24.7 Å². The summed E-state index contributed by atoms with van der Waals surface area (Å²) in [5.41, 5.74) is 2.27. The number of carbonyl (C=O) groups excluding carboxylic acids is 2. The zero-order valence-electron chi connectivity index (χ0n) is 19.3. The van der Waals surface area contributed by atoms with E-state index < -0.39 is 17.8 Å². The molecule has 36 heavy (non-hydrogen) atoms. The van der Waals surface area contributed by atoms with E-state index in [0.29, 0.717) is 33.5 Å². The van der Waals surface area contributed by atoms with Crippen molar-refractivity contribution in [2.45, 2.75) is 13.5 Å². The van der Waals surface area contributed by atoms with Gasteiger partial charge in [0.05, 0.1) is 36.2 Å². The quantitative estimate of drug-likeness (QED) is 0.349. The Kier molecular flexibility index (Phi) is 6.88. The number of aromatic carboxylic acids is 1. The molecule has 2 aromatic heterocycles. The number of esters is 1. The van der Waals surface area contributed by atoms with Crippen LogP contribution in [0.2, 0.25) is 0 Å². The Morgan fingerprint density at radius 1 is 1.08 bits per heavy atom. The molecule has 3 N–H and O–H groups in total. The Labute approximate surface area is 204 Å². The number of hydrogen-bond acceptors (Lipinski definition) is 8. The first-order valence-electron chi connectivity index (χ1n) is 10.7. The Morgan fingerprint density at radius 2 is 1.83 bits per heavy atom. The second-order valence-electron chi connectivity index (χ2n) is 7.73. The van der Waals surface area contributed by atoms with E-state index in [-0.39, 0.29) is 29.0 Å². The highest BCUT2D eigenvalue weighted by Gasteiger charge is 2.17. The highest BCUT2D eigenvalue weighted by atomic mass is 16.5. The number of rotatable bonds is 6. The lowest BCUT2D eigenvalue weighted by Crippen LogP contribution is -2.22. The standard InChI is InChI=1S/C26H21N3O7/c1-14-22-20(17(13-30)12-27-14)11-21(23(31)28-18-8-6-15(7-9-18)26(34)35-2)24(36-22)29-19-5-3-4-16(10-19)25(32)33/h3-12,30H,13H2,1-2H3,(H,28,31)(H,32,33). The monoisotopic (exact) mass is 487 g/mol. The third-order valence-corrected chi connectivity index (χ3v) is 5.35. The predicted octanol–water partition coefficient (Wildman–Crippen LogP) is 3.60. The van der Waals surface area contributed by atoms with Crippen LogP contribution in [-0.4, -0.2) is 40.2 Å². The second-order valence-corrected chi connectivity index (χ2v) is 7.73. The van der Waals surface area contributed by atoms with Gasteiger partial charge in [-0.2, -0.15) is 0 Å². The fraction of sp³-hybridized carbons (Fsp3) is 0.115. The molecule has 2 aromatic carbocycles. The highest BCUT2D eigenvalue weighted by molar-refractivity contribution is 6.06. The zero-order valence-corrected chi connectivity index (χ0v) is 19.3. The molecule has 1 amide bonds. The van der Waals surface area contributed by atoms with Crippen molar-refractivity contribution in [1.82, 2.24) is 4.98 Å². The largest absolute Gasteiger partial charge is 0.478 e. The van der Waals surface area contributed by atoms with Gasteiger partial charge >= 0.3 is 11.9 Å². The summed E-state index contributed by atoms with van der Waals surface area (Å²) in [6.07, 6.45) is 1.49. The van der Waals surface area contributed by atoms with E-state index in [1.807, 2.05) is 0 Å². The minimum atomic E-state index is -1.12. The number of benzene rings is 2. The lowest BCUT2D eigenvalue weighted by Gasteiger charge is -2.10. The summed E-state index contributed by atoms with van der Waals surface area (Å²) < 4.78 is 10.7. The molecular weight excluding hydrogens is 466 g/mol. The van der Waals surface area contributed by atoms with Crippen LogP contribution in [0.1, 0.15) is 42.3 Å². The lowest BCUT2D eigenvalue weighted by atomic mass is 10.1. The minimum absolute atomic E-state index is 0.0224. The number of hydrogen-bond donors (Lipinski definition) is 3. The van der Waals surface area contributed by atoms with Crippen molar-refractivity contribution in [3.63, 3.8) is 0 Å². The molecule has 0 saturated heterocycles. The van der Waals surface area contributed by atoms with Crippen molar-refractivity contribution in [2.24, 2.45) is 4.99 Å². The molecule has 10 nitrogen and oxygen atoms in total. The first-order valence-corrected chi connectivity index (χ1v) is 10.7. The maximum Gasteiger partial charge on any atom is 0.337 e.